The van der Waals surface area contributed by atoms with Crippen molar-refractivity contribution >= 4 is 21.6 Å². The quantitative estimate of drug-likeness (QED) is 0.695. The molecule has 0 aliphatic heterocycles. The van der Waals surface area contributed by atoms with Gasteiger partial charge in [-0.05, 0) is 22.0 Å². The summed E-state index contributed by atoms with van der Waals surface area (Å²) >= 11 is 2.59. The Hall–Kier alpha value is -0.980. The second-order valence-corrected chi connectivity index (χ2v) is 3.07. The lowest BCUT2D eigenvalue weighted by molar-refractivity contribution is -0.138. The van der Waals surface area contributed by atoms with Crippen molar-refractivity contribution in [3.8, 4) is 0 Å². The summed E-state index contributed by atoms with van der Waals surface area (Å²) in [6.45, 7) is 0. The van der Waals surface area contributed by atoms with Crippen LogP contribution in [0.15, 0.2) is 15.5 Å². The summed E-state index contributed by atoms with van der Waals surface area (Å²) in [5.74, 6) is 0. The topological polar surface area (TPSA) is 58.9 Å². The fourth-order valence-electron chi connectivity index (χ4n) is 0.730. The normalized spacial score (nSPS) is 11.7. The minimum absolute atomic E-state index is 0.417. The highest BCUT2D eigenvalue weighted by Gasteiger charge is 2.33. The molecule has 3 N–H and O–H groups in total. The van der Waals surface area contributed by atoms with Crippen LogP contribution in [0.4, 0.5) is 18.9 Å². The molecule has 0 fully saturated rings. The summed E-state index contributed by atoms with van der Waals surface area (Å²) < 4.78 is 36.0. The number of aromatic amines is 1. The van der Waals surface area contributed by atoms with Crippen molar-refractivity contribution in [1.82, 2.24) is 4.98 Å². The third-order valence-corrected chi connectivity index (χ3v) is 1.95. The number of pyridine rings is 1. The Morgan fingerprint density at radius 2 is 2.00 bits per heavy atom. The Kier molecular flexibility index (Phi) is 2.38. The molecule has 0 amide bonds. The maximum Gasteiger partial charge on any atom is 0.419 e. The molecule has 0 aliphatic rings. The van der Waals surface area contributed by atoms with Crippen LogP contribution in [0.25, 0.3) is 0 Å². The first-order chi connectivity index (χ1) is 5.82. The number of anilines is 1. The van der Waals surface area contributed by atoms with Crippen molar-refractivity contribution in [2.75, 3.05) is 5.73 Å². The summed E-state index contributed by atoms with van der Waals surface area (Å²) in [6, 6.07) is 0.586. The Morgan fingerprint density at radius 1 is 1.46 bits per heavy atom. The van der Waals surface area contributed by atoms with Gasteiger partial charge in [-0.25, -0.2) is 0 Å². The van der Waals surface area contributed by atoms with Crippen LogP contribution in [0, 0.1) is 0 Å². The monoisotopic (exact) mass is 256 g/mol. The average molecular weight is 257 g/mol. The SMILES string of the molecule is Nc1cc(C(F)(F)F)c(Br)[nH]c1=O. The standard InChI is InChI=1S/C6H4BrF3N2O/c7-4-2(6(8,9)10)1-3(11)5(13)12-4/h1H,11H2,(H,12,13). The number of nitrogens with one attached hydrogen (secondary N) is 1. The number of H-pyrrole nitrogens is 1. The molecule has 1 heterocycles. The van der Waals surface area contributed by atoms with Crippen molar-refractivity contribution in [3.63, 3.8) is 0 Å². The number of nitrogen functional groups attached to an aromatic ring is 1. The minimum atomic E-state index is -4.53. The van der Waals surface area contributed by atoms with Gasteiger partial charge in [0.25, 0.3) is 5.56 Å². The summed E-state index contributed by atoms with van der Waals surface area (Å²) in [6.07, 6.45) is -4.53. The van der Waals surface area contributed by atoms with E-state index in [-0.39, 0.29) is 0 Å². The number of alkyl halides is 3. The van der Waals surface area contributed by atoms with E-state index in [1.54, 1.807) is 0 Å². The van der Waals surface area contributed by atoms with Gasteiger partial charge in [0.2, 0.25) is 0 Å². The van der Waals surface area contributed by atoms with Gasteiger partial charge >= 0.3 is 6.18 Å². The van der Waals surface area contributed by atoms with Gasteiger partial charge in [-0.2, -0.15) is 13.2 Å². The van der Waals surface area contributed by atoms with Crippen molar-refractivity contribution in [2.24, 2.45) is 0 Å². The first-order valence-electron chi connectivity index (χ1n) is 3.08. The third kappa shape index (κ3) is 2.03. The Balaban J connectivity index is 3.41. The molecule has 1 aromatic heterocycles. The number of hydrogen-bond acceptors (Lipinski definition) is 2. The van der Waals surface area contributed by atoms with Gasteiger partial charge < -0.3 is 10.7 Å². The Bertz CT molecular complexity index is 384. The van der Waals surface area contributed by atoms with Crippen LogP contribution >= 0.6 is 15.9 Å². The highest BCUT2D eigenvalue weighted by Crippen LogP contribution is 2.33. The van der Waals surface area contributed by atoms with E-state index in [9.17, 15) is 18.0 Å². The molecule has 3 nitrogen and oxygen atoms in total. The van der Waals surface area contributed by atoms with Gasteiger partial charge in [-0.1, -0.05) is 0 Å². The maximum absolute atomic E-state index is 12.2. The van der Waals surface area contributed by atoms with Crippen molar-refractivity contribution in [2.45, 2.75) is 6.18 Å². The molecule has 1 aromatic rings. The van der Waals surface area contributed by atoms with E-state index in [0.29, 0.717) is 6.07 Å². The number of rotatable bonds is 0. The van der Waals surface area contributed by atoms with Crippen molar-refractivity contribution in [3.05, 3.63) is 26.6 Å². The van der Waals surface area contributed by atoms with E-state index in [2.05, 4.69) is 15.9 Å². The second kappa shape index (κ2) is 3.06. The zero-order valence-corrected chi connectivity index (χ0v) is 7.66. The van der Waals surface area contributed by atoms with E-state index in [4.69, 9.17) is 5.73 Å². The van der Waals surface area contributed by atoms with Gasteiger partial charge in [0, 0.05) is 0 Å². The largest absolute Gasteiger partial charge is 0.419 e. The van der Waals surface area contributed by atoms with E-state index in [0.717, 1.165) is 0 Å². The number of aromatic nitrogens is 1. The van der Waals surface area contributed by atoms with Crippen LogP contribution < -0.4 is 11.3 Å². The molecular weight excluding hydrogens is 253 g/mol. The molecule has 13 heavy (non-hydrogen) atoms. The van der Waals surface area contributed by atoms with Gasteiger partial charge in [-0.3, -0.25) is 4.79 Å². The molecule has 0 bridgehead atoms. The lowest BCUT2D eigenvalue weighted by Gasteiger charge is -2.08. The van der Waals surface area contributed by atoms with Gasteiger partial charge in [0.1, 0.15) is 0 Å². The van der Waals surface area contributed by atoms with Crippen LogP contribution in [0.3, 0.4) is 0 Å². The summed E-state index contributed by atoms with van der Waals surface area (Å²) in [7, 11) is 0. The molecular formula is C6H4BrF3N2O. The molecule has 72 valence electrons. The number of nitrogens with two attached hydrogens (primary N) is 1. The minimum Gasteiger partial charge on any atom is -0.394 e. The van der Waals surface area contributed by atoms with E-state index in [1.165, 1.54) is 0 Å². The van der Waals surface area contributed by atoms with Gasteiger partial charge in [0.15, 0.2) is 0 Å². The highest BCUT2D eigenvalue weighted by atomic mass is 79.9. The molecule has 7 heteroatoms. The van der Waals surface area contributed by atoms with E-state index >= 15 is 0 Å². The molecule has 1 rings (SSSR count). The molecule has 0 radical (unpaired) electrons. The van der Waals surface area contributed by atoms with Gasteiger partial charge in [0.05, 0.1) is 15.9 Å². The second-order valence-electron chi connectivity index (χ2n) is 2.28. The average Bonchev–Trinajstić information content (AvgIpc) is 1.94. The summed E-state index contributed by atoms with van der Waals surface area (Å²) in [5, 5.41) is 0. The van der Waals surface area contributed by atoms with Crippen LogP contribution in [0.1, 0.15) is 5.56 Å². The highest BCUT2D eigenvalue weighted by molar-refractivity contribution is 9.10. The molecule has 0 aliphatic carbocycles. The molecule has 0 unspecified atom stereocenters. The fraction of sp³-hybridized carbons (Fsp3) is 0.167. The van der Waals surface area contributed by atoms with E-state index < -0.39 is 27.6 Å². The van der Waals surface area contributed by atoms with Crippen LogP contribution in [0.5, 0.6) is 0 Å². The Morgan fingerprint density at radius 3 is 2.46 bits per heavy atom. The van der Waals surface area contributed by atoms with Crippen LogP contribution in [0.2, 0.25) is 0 Å². The zero-order valence-electron chi connectivity index (χ0n) is 6.07. The maximum atomic E-state index is 12.2. The summed E-state index contributed by atoms with van der Waals surface area (Å²) in [5.41, 5.74) is 2.81. The first-order valence-corrected chi connectivity index (χ1v) is 3.87. The van der Waals surface area contributed by atoms with Gasteiger partial charge in [-0.15, -0.1) is 0 Å². The Labute approximate surface area is 78.9 Å². The molecule has 0 saturated carbocycles. The zero-order chi connectivity index (χ0) is 10.2. The van der Waals surface area contributed by atoms with Crippen molar-refractivity contribution in [1.29, 1.82) is 0 Å². The predicted molar refractivity (Wildman–Crippen MR) is 44.2 cm³/mol. The summed E-state index contributed by atoms with van der Waals surface area (Å²) in [4.78, 5) is 12.7. The van der Waals surface area contributed by atoms with Crippen LogP contribution in [-0.2, 0) is 6.18 Å². The predicted octanol–water partition coefficient (Wildman–Crippen LogP) is 1.74. The fourth-order valence-corrected chi connectivity index (χ4v) is 1.25. The molecule has 0 aromatic carbocycles. The molecule has 0 atom stereocenters. The van der Waals surface area contributed by atoms with Crippen molar-refractivity contribution < 1.29 is 13.2 Å². The lowest BCUT2D eigenvalue weighted by Crippen LogP contribution is -2.17. The number of halogens is 4. The lowest BCUT2D eigenvalue weighted by atomic mass is 10.2. The van der Waals surface area contributed by atoms with Crippen LogP contribution in [-0.4, -0.2) is 4.98 Å². The smallest absolute Gasteiger partial charge is 0.394 e. The first kappa shape index (κ1) is 10.1. The number of hydrogen-bond donors (Lipinski definition) is 2. The molecule has 0 spiro atoms. The third-order valence-electron chi connectivity index (χ3n) is 1.33. The molecule has 0 saturated heterocycles. The van der Waals surface area contributed by atoms with E-state index in [1.807, 2.05) is 4.98 Å².